The van der Waals surface area contributed by atoms with Gasteiger partial charge in [-0.05, 0) is 42.7 Å². The lowest BCUT2D eigenvalue weighted by Gasteiger charge is -2.09. The number of furan rings is 1. The number of aromatic nitrogens is 1. The Hall–Kier alpha value is -2.36. The van der Waals surface area contributed by atoms with Crippen molar-refractivity contribution in [2.75, 3.05) is 0 Å². The largest absolute Gasteiger partial charge is 0.508 e. The number of pyridine rings is 1. The van der Waals surface area contributed by atoms with Gasteiger partial charge in [-0.3, -0.25) is 0 Å². The molecular weight excluding hydrogens is 269 g/mol. The van der Waals surface area contributed by atoms with Crippen molar-refractivity contribution in [2.24, 2.45) is 0 Å². The topological polar surface area (TPSA) is 46.3 Å². The number of phenolic OH excluding ortho intramolecular Hbond substituents is 1. The molecule has 0 saturated carbocycles. The lowest BCUT2D eigenvalue weighted by atomic mass is 10.00. The van der Waals surface area contributed by atoms with Gasteiger partial charge in [0.15, 0.2) is 5.76 Å². The van der Waals surface area contributed by atoms with Crippen LogP contribution in [-0.2, 0) is 0 Å². The van der Waals surface area contributed by atoms with Gasteiger partial charge in [0.1, 0.15) is 17.0 Å². The molecule has 0 radical (unpaired) electrons. The monoisotopic (exact) mass is 285 g/mol. The summed E-state index contributed by atoms with van der Waals surface area (Å²) >= 11 is 0. The zero-order chi connectivity index (χ0) is 15.0. The van der Waals surface area contributed by atoms with Crippen molar-refractivity contribution in [1.29, 1.82) is 0 Å². The van der Waals surface area contributed by atoms with E-state index in [-0.39, 0.29) is 11.7 Å². The maximum Gasteiger partial charge on any atom is 0.217 e. The highest BCUT2D eigenvalue weighted by atomic mass is 19.1. The van der Waals surface area contributed by atoms with Gasteiger partial charge in [-0.25, -0.2) is 4.98 Å². The molecular formula is C17H16FNO2. The molecule has 0 aliphatic rings. The minimum atomic E-state index is -0.454. The Morgan fingerprint density at radius 1 is 1.24 bits per heavy atom. The van der Waals surface area contributed by atoms with Crippen LogP contribution in [0.15, 0.2) is 40.8 Å². The summed E-state index contributed by atoms with van der Waals surface area (Å²) < 4.78 is 19.8. The fourth-order valence-corrected chi connectivity index (χ4v) is 2.33. The van der Waals surface area contributed by atoms with E-state index in [1.54, 1.807) is 36.4 Å². The molecule has 2 aromatic heterocycles. The summed E-state index contributed by atoms with van der Waals surface area (Å²) in [5.74, 6) is 0.343. The van der Waals surface area contributed by atoms with Crippen LogP contribution in [0.25, 0.3) is 22.4 Å². The molecule has 0 fully saturated rings. The molecule has 3 rings (SSSR count). The second-order valence-electron chi connectivity index (χ2n) is 5.22. The summed E-state index contributed by atoms with van der Waals surface area (Å²) in [6, 6.07) is 10.1. The van der Waals surface area contributed by atoms with E-state index in [2.05, 4.69) is 4.98 Å². The smallest absolute Gasteiger partial charge is 0.217 e. The maximum absolute atomic E-state index is 14.1. The van der Waals surface area contributed by atoms with Crippen LogP contribution in [0.5, 0.6) is 5.75 Å². The molecule has 3 aromatic rings. The van der Waals surface area contributed by atoms with Gasteiger partial charge < -0.3 is 9.52 Å². The number of benzene rings is 1. The van der Waals surface area contributed by atoms with Crippen molar-refractivity contribution in [3.63, 3.8) is 0 Å². The number of halogens is 1. The molecule has 108 valence electrons. The maximum atomic E-state index is 14.1. The Labute approximate surface area is 122 Å². The average molecular weight is 285 g/mol. The Morgan fingerprint density at radius 2 is 2.05 bits per heavy atom. The molecule has 1 unspecified atom stereocenters. The summed E-state index contributed by atoms with van der Waals surface area (Å²) in [6.07, 6.45) is 0.863. The van der Waals surface area contributed by atoms with E-state index in [0.717, 1.165) is 11.8 Å². The van der Waals surface area contributed by atoms with Crippen LogP contribution < -0.4 is 0 Å². The van der Waals surface area contributed by atoms with Crippen molar-refractivity contribution >= 4 is 11.0 Å². The minimum Gasteiger partial charge on any atom is -0.508 e. The molecule has 2 heterocycles. The summed E-state index contributed by atoms with van der Waals surface area (Å²) in [5.41, 5.74) is 1.71. The fraction of sp³-hybridized carbons (Fsp3) is 0.235. The molecule has 4 heteroatoms. The summed E-state index contributed by atoms with van der Waals surface area (Å²) in [4.78, 5) is 4.01. The normalized spacial score (nSPS) is 12.7. The minimum absolute atomic E-state index is 0.138. The first-order chi connectivity index (χ1) is 10.1. The molecule has 0 bridgehead atoms. The van der Waals surface area contributed by atoms with E-state index in [9.17, 15) is 9.50 Å². The van der Waals surface area contributed by atoms with Gasteiger partial charge in [-0.15, -0.1) is 0 Å². The molecule has 0 spiro atoms. The van der Waals surface area contributed by atoms with E-state index >= 15 is 0 Å². The number of phenols is 1. The van der Waals surface area contributed by atoms with Gasteiger partial charge in [0.05, 0.1) is 0 Å². The van der Waals surface area contributed by atoms with Gasteiger partial charge >= 0.3 is 0 Å². The van der Waals surface area contributed by atoms with Crippen LogP contribution in [0, 0.1) is 5.95 Å². The van der Waals surface area contributed by atoms with Crippen molar-refractivity contribution in [3.05, 3.63) is 47.9 Å². The molecule has 0 saturated heterocycles. The predicted molar refractivity (Wildman–Crippen MR) is 79.8 cm³/mol. The van der Waals surface area contributed by atoms with E-state index in [0.29, 0.717) is 22.6 Å². The third kappa shape index (κ3) is 2.49. The number of hydrogen-bond acceptors (Lipinski definition) is 3. The van der Waals surface area contributed by atoms with Crippen LogP contribution >= 0.6 is 0 Å². The van der Waals surface area contributed by atoms with Crippen molar-refractivity contribution in [3.8, 4) is 17.2 Å². The van der Waals surface area contributed by atoms with Crippen molar-refractivity contribution < 1.29 is 13.9 Å². The number of aromatic hydroxyl groups is 1. The van der Waals surface area contributed by atoms with E-state index in [1.807, 2.05) is 13.8 Å². The third-order valence-corrected chi connectivity index (χ3v) is 3.77. The summed E-state index contributed by atoms with van der Waals surface area (Å²) in [7, 11) is 0. The first kappa shape index (κ1) is 13.6. The zero-order valence-electron chi connectivity index (χ0n) is 11.9. The number of fused-ring (bicyclic) bond motifs is 1. The van der Waals surface area contributed by atoms with Gasteiger partial charge in [0.2, 0.25) is 5.95 Å². The van der Waals surface area contributed by atoms with Gasteiger partial charge in [-0.2, -0.15) is 4.39 Å². The highest BCUT2D eigenvalue weighted by Crippen LogP contribution is 2.30. The van der Waals surface area contributed by atoms with Crippen LogP contribution in [0.1, 0.15) is 31.7 Å². The molecule has 1 N–H and O–H groups in total. The van der Waals surface area contributed by atoms with Gasteiger partial charge in [0, 0.05) is 10.9 Å². The Balaban J connectivity index is 2.04. The predicted octanol–water partition coefficient (Wildman–Crippen LogP) is 4.85. The molecule has 0 aliphatic carbocycles. The molecule has 1 aromatic carbocycles. The molecule has 0 aliphatic heterocycles. The highest BCUT2D eigenvalue weighted by Gasteiger charge is 2.14. The Kier molecular flexibility index (Phi) is 3.37. The second kappa shape index (κ2) is 5.20. The van der Waals surface area contributed by atoms with Crippen LogP contribution in [0.2, 0.25) is 0 Å². The fourth-order valence-electron chi connectivity index (χ4n) is 2.33. The first-order valence-electron chi connectivity index (χ1n) is 6.98. The van der Waals surface area contributed by atoms with Gasteiger partial charge in [-0.1, -0.05) is 19.9 Å². The Morgan fingerprint density at radius 3 is 2.76 bits per heavy atom. The van der Waals surface area contributed by atoms with Crippen molar-refractivity contribution in [2.45, 2.75) is 26.2 Å². The molecule has 21 heavy (non-hydrogen) atoms. The van der Waals surface area contributed by atoms with Gasteiger partial charge in [0.25, 0.3) is 0 Å². The van der Waals surface area contributed by atoms with Crippen LogP contribution in [0.3, 0.4) is 0 Å². The quantitative estimate of drug-likeness (QED) is 0.699. The zero-order valence-corrected chi connectivity index (χ0v) is 11.9. The molecule has 1 atom stereocenters. The number of nitrogens with zero attached hydrogens (tertiary/aromatic N) is 1. The highest BCUT2D eigenvalue weighted by molar-refractivity contribution is 5.83. The average Bonchev–Trinajstić information content (AvgIpc) is 2.89. The number of rotatable bonds is 3. The lowest BCUT2D eigenvalue weighted by molar-refractivity contribution is 0.476. The molecule has 0 amide bonds. The van der Waals surface area contributed by atoms with E-state index in [4.69, 9.17) is 4.42 Å². The SMILES string of the molecule is CCC(C)c1ccc(-c2cc3cc(O)ccc3o2)nc1F. The third-order valence-electron chi connectivity index (χ3n) is 3.77. The van der Waals surface area contributed by atoms with Crippen LogP contribution in [-0.4, -0.2) is 10.1 Å². The summed E-state index contributed by atoms with van der Waals surface area (Å²) in [5, 5.41) is 10.2. The lowest BCUT2D eigenvalue weighted by Crippen LogP contribution is -1.99. The van der Waals surface area contributed by atoms with Crippen LogP contribution in [0.4, 0.5) is 4.39 Å². The Bertz CT molecular complexity index is 795. The van der Waals surface area contributed by atoms with E-state index in [1.165, 1.54) is 0 Å². The number of hydrogen-bond donors (Lipinski definition) is 1. The first-order valence-corrected chi connectivity index (χ1v) is 6.98. The second-order valence-corrected chi connectivity index (χ2v) is 5.22. The molecule has 3 nitrogen and oxygen atoms in total. The standard InChI is InChI=1S/C17H16FNO2/c1-3-10(2)13-5-6-14(19-17(13)18)16-9-11-8-12(20)4-7-15(11)21-16/h4-10,20H,3H2,1-2H3. The van der Waals surface area contributed by atoms with E-state index < -0.39 is 5.95 Å². The summed E-state index contributed by atoms with van der Waals surface area (Å²) in [6.45, 7) is 3.99. The van der Waals surface area contributed by atoms with Crippen molar-refractivity contribution in [1.82, 2.24) is 4.98 Å².